The van der Waals surface area contributed by atoms with Crippen molar-refractivity contribution in [3.8, 4) is 6.07 Å². The lowest BCUT2D eigenvalue weighted by molar-refractivity contribution is -0.142. The molecule has 0 aliphatic rings. The molecule has 0 aliphatic heterocycles. The molecule has 0 amide bonds. The average molecular weight is 143 g/mol. The first kappa shape index (κ1) is 8.96. The average Bonchev–Trinajstić information content (AvgIpc) is 1.60. The molecule has 1 unspecified atom stereocenters. The van der Waals surface area contributed by atoms with E-state index < -0.39 is 17.3 Å². The van der Waals surface area contributed by atoms with Crippen molar-refractivity contribution in [1.82, 2.24) is 0 Å². The molecule has 0 aromatic carbocycles. The fraction of sp³-hybridized carbons (Fsp3) is 0.714. The number of rotatable bonds is 1. The van der Waals surface area contributed by atoms with Gasteiger partial charge in [-0.3, -0.25) is 4.79 Å². The van der Waals surface area contributed by atoms with Crippen LogP contribution in [0.25, 0.3) is 0 Å². The normalized spacial score (nSPS) is 13.8. The lowest BCUT2D eigenvalue weighted by atomic mass is 9.87. The van der Waals surface area contributed by atoms with Gasteiger partial charge in [-0.05, 0) is 5.41 Å². The van der Waals surface area contributed by atoms with Crippen molar-refractivity contribution in [3.63, 3.8) is 0 Å². The van der Waals surface area contributed by atoms with E-state index in [1.54, 1.807) is 26.8 Å². The van der Waals surface area contributed by atoms with E-state index in [0.29, 0.717) is 0 Å². The predicted octanol–water partition coefficient (Wildman–Crippen LogP) is 1.26. The monoisotopic (exact) mass is 143 g/mol. The van der Waals surface area contributed by atoms with Gasteiger partial charge in [-0.25, -0.2) is 0 Å². The third kappa shape index (κ3) is 2.06. The molecule has 0 spiro atoms. The topological polar surface area (TPSA) is 61.1 Å². The summed E-state index contributed by atoms with van der Waals surface area (Å²) >= 11 is 0. The standard InChI is InChI=1S/C7H11NO2/c1-7(2,3)5(4-8)6(9)10/h5H,1-3H3,(H,9,10)/i4+2. The Morgan fingerprint density at radius 3 is 2.00 bits per heavy atom. The van der Waals surface area contributed by atoms with Gasteiger partial charge in [-0.2, -0.15) is 5.26 Å². The summed E-state index contributed by atoms with van der Waals surface area (Å²) in [5.74, 6) is -1.96. The summed E-state index contributed by atoms with van der Waals surface area (Å²) < 4.78 is 0. The number of nitrogens with zero attached hydrogens (tertiary/aromatic N) is 1. The van der Waals surface area contributed by atoms with Crippen molar-refractivity contribution in [3.05, 3.63) is 0 Å². The summed E-state index contributed by atoms with van der Waals surface area (Å²) in [4.78, 5) is 10.4. The van der Waals surface area contributed by atoms with Gasteiger partial charge in [-0.1, -0.05) is 20.8 Å². The molecule has 0 aromatic heterocycles. The van der Waals surface area contributed by atoms with E-state index in [-0.39, 0.29) is 0 Å². The molecule has 0 aromatic rings. The second-order valence-electron chi connectivity index (χ2n) is 3.27. The summed E-state index contributed by atoms with van der Waals surface area (Å²) in [6, 6.07) is 1.74. The Bertz CT molecular complexity index is 173. The number of hydrogen-bond acceptors (Lipinski definition) is 2. The maximum absolute atomic E-state index is 10.4. The minimum atomic E-state index is -1.05. The molecule has 3 nitrogen and oxygen atoms in total. The highest BCUT2D eigenvalue weighted by Crippen LogP contribution is 2.24. The summed E-state index contributed by atoms with van der Waals surface area (Å²) in [7, 11) is 0. The van der Waals surface area contributed by atoms with Gasteiger partial charge in [0.25, 0.3) is 0 Å². The Morgan fingerprint density at radius 2 is 2.00 bits per heavy atom. The second kappa shape index (κ2) is 2.70. The van der Waals surface area contributed by atoms with E-state index in [9.17, 15) is 4.79 Å². The minimum absolute atomic E-state index is 0.472. The number of nitriles is 1. The molecule has 0 aliphatic carbocycles. The van der Waals surface area contributed by atoms with Gasteiger partial charge in [0.15, 0.2) is 0 Å². The molecular weight excluding hydrogens is 132 g/mol. The van der Waals surface area contributed by atoms with Crippen molar-refractivity contribution in [2.24, 2.45) is 11.3 Å². The van der Waals surface area contributed by atoms with Crippen LogP contribution in [0.4, 0.5) is 0 Å². The lowest BCUT2D eigenvalue weighted by Crippen LogP contribution is -2.26. The minimum Gasteiger partial charge on any atom is -0.480 e. The van der Waals surface area contributed by atoms with E-state index in [1.165, 1.54) is 0 Å². The lowest BCUT2D eigenvalue weighted by Gasteiger charge is -2.20. The Labute approximate surface area is 60.3 Å². The van der Waals surface area contributed by atoms with E-state index >= 15 is 0 Å². The van der Waals surface area contributed by atoms with Crippen molar-refractivity contribution < 1.29 is 9.90 Å². The van der Waals surface area contributed by atoms with Gasteiger partial charge in [0.05, 0.1) is 6.07 Å². The first-order chi connectivity index (χ1) is 4.39. The van der Waals surface area contributed by atoms with Crippen molar-refractivity contribution >= 4 is 5.97 Å². The highest BCUT2D eigenvalue weighted by molar-refractivity contribution is 5.73. The van der Waals surface area contributed by atoms with Crippen LogP contribution in [0.2, 0.25) is 0 Å². The molecule has 0 saturated carbocycles. The maximum atomic E-state index is 10.4. The predicted molar refractivity (Wildman–Crippen MR) is 36.2 cm³/mol. The van der Waals surface area contributed by atoms with Crippen LogP contribution in [-0.4, -0.2) is 11.1 Å². The number of carbonyl (C=O) groups is 1. The quantitative estimate of drug-likeness (QED) is 0.601. The second-order valence-corrected chi connectivity index (χ2v) is 3.27. The van der Waals surface area contributed by atoms with Crippen LogP contribution in [0.1, 0.15) is 20.8 Å². The number of hydrogen-bond donors (Lipinski definition) is 1. The third-order valence-corrected chi connectivity index (χ3v) is 1.24. The van der Waals surface area contributed by atoms with Crippen molar-refractivity contribution in [2.45, 2.75) is 20.8 Å². The van der Waals surface area contributed by atoms with Gasteiger partial charge in [0.1, 0.15) is 5.92 Å². The van der Waals surface area contributed by atoms with E-state index in [2.05, 4.69) is 0 Å². The van der Waals surface area contributed by atoms with Crippen molar-refractivity contribution in [1.29, 1.82) is 5.26 Å². The van der Waals surface area contributed by atoms with Crippen LogP contribution < -0.4 is 0 Å². The van der Waals surface area contributed by atoms with Gasteiger partial charge in [0, 0.05) is 0 Å². The fourth-order valence-electron chi connectivity index (χ4n) is 0.619. The Kier molecular flexibility index (Phi) is 2.42. The van der Waals surface area contributed by atoms with Crippen LogP contribution in [0.3, 0.4) is 0 Å². The SMILES string of the molecule is CC(C)(C)C([14C]#N)C(=O)O. The largest absolute Gasteiger partial charge is 0.480 e. The van der Waals surface area contributed by atoms with Crippen LogP contribution in [0.15, 0.2) is 0 Å². The Hall–Kier alpha value is -1.04. The summed E-state index contributed by atoms with van der Waals surface area (Å²) in [6.45, 7) is 5.19. The van der Waals surface area contributed by atoms with Gasteiger partial charge >= 0.3 is 5.97 Å². The molecule has 0 fully saturated rings. The van der Waals surface area contributed by atoms with Crippen LogP contribution >= 0.6 is 0 Å². The van der Waals surface area contributed by atoms with E-state index in [1.807, 2.05) is 0 Å². The fourth-order valence-corrected chi connectivity index (χ4v) is 0.619. The number of carboxylic acids is 1. The smallest absolute Gasteiger partial charge is 0.321 e. The Balaban J connectivity index is 4.42. The molecule has 0 bridgehead atoms. The molecule has 1 N–H and O–H groups in total. The highest BCUT2D eigenvalue weighted by atomic mass is 16.4. The van der Waals surface area contributed by atoms with Gasteiger partial charge < -0.3 is 5.11 Å². The van der Waals surface area contributed by atoms with Gasteiger partial charge in [-0.15, -0.1) is 0 Å². The highest BCUT2D eigenvalue weighted by Gasteiger charge is 2.30. The number of aliphatic carboxylic acids is 1. The first-order valence-corrected chi connectivity index (χ1v) is 3.02. The van der Waals surface area contributed by atoms with E-state index in [0.717, 1.165) is 0 Å². The zero-order valence-corrected chi connectivity index (χ0v) is 6.38. The van der Waals surface area contributed by atoms with Crippen LogP contribution in [-0.2, 0) is 4.79 Å². The zero-order valence-electron chi connectivity index (χ0n) is 6.38. The van der Waals surface area contributed by atoms with Gasteiger partial charge in [0.2, 0.25) is 0 Å². The molecule has 10 heavy (non-hydrogen) atoms. The Morgan fingerprint density at radius 1 is 1.60 bits per heavy atom. The van der Waals surface area contributed by atoms with Crippen LogP contribution in [0.5, 0.6) is 0 Å². The summed E-state index contributed by atoms with van der Waals surface area (Å²) in [5.41, 5.74) is -0.472. The van der Waals surface area contributed by atoms with Crippen molar-refractivity contribution in [2.75, 3.05) is 0 Å². The molecule has 0 radical (unpaired) electrons. The molecule has 56 valence electrons. The van der Waals surface area contributed by atoms with E-state index in [4.69, 9.17) is 10.4 Å². The first-order valence-electron chi connectivity index (χ1n) is 3.02. The third-order valence-electron chi connectivity index (χ3n) is 1.24. The molecule has 0 rings (SSSR count). The number of carboxylic acid groups (broad SMARTS) is 1. The molecule has 1 atom stereocenters. The summed E-state index contributed by atoms with van der Waals surface area (Å²) in [6.07, 6.45) is 0. The molecule has 3 heteroatoms. The zero-order chi connectivity index (χ0) is 8.36. The van der Waals surface area contributed by atoms with Crippen LogP contribution in [0, 0.1) is 22.7 Å². The maximum Gasteiger partial charge on any atom is 0.321 e. The molecule has 0 saturated heterocycles. The molecular formula is C7H11NO2. The summed E-state index contributed by atoms with van der Waals surface area (Å²) in [5, 5.41) is 16.9. The molecule has 0 heterocycles.